The van der Waals surface area contributed by atoms with E-state index in [1.54, 1.807) is 0 Å². The lowest BCUT2D eigenvalue weighted by molar-refractivity contribution is -0.245. The van der Waals surface area contributed by atoms with E-state index in [0.717, 1.165) is 11.8 Å². The number of carbonyl (C=O) groups excluding carboxylic acids is 1. The summed E-state index contributed by atoms with van der Waals surface area (Å²) in [5, 5.41) is 8.75. The van der Waals surface area contributed by atoms with Gasteiger partial charge in [-0.25, -0.2) is 0 Å². The number of ether oxygens (including phenoxy) is 2. The Labute approximate surface area is 106 Å². The van der Waals surface area contributed by atoms with Gasteiger partial charge in [0.2, 0.25) is 0 Å². The highest BCUT2D eigenvalue weighted by molar-refractivity contribution is 5.50. The van der Waals surface area contributed by atoms with Crippen LogP contribution in [0.1, 0.15) is 31.1 Å². The number of hydrogen-bond acceptors (Lipinski definition) is 4. The van der Waals surface area contributed by atoms with Crippen molar-refractivity contribution in [3.8, 4) is 6.07 Å². The molecular formula is C14H15NO3. The maximum Gasteiger partial charge on any atom is 0.184 e. The van der Waals surface area contributed by atoms with Crippen molar-refractivity contribution in [1.82, 2.24) is 0 Å². The molecule has 0 amide bonds. The molecule has 18 heavy (non-hydrogen) atoms. The maximum atomic E-state index is 10.6. The Morgan fingerprint density at radius 3 is 2.67 bits per heavy atom. The van der Waals surface area contributed by atoms with Crippen LogP contribution in [0, 0.1) is 11.3 Å². The molecule has 1 aliphatic rings. The Morgan fingerprint density at radius 2 is 2.00 bits per heavy atom. The lowest BCUT2D eigenvalue weighted by Gasteiger charge is -2.34. The van der Waals surface area contributed by atoms with E-state index < -0.39 is 6.29 Å². The zero-order chi connectivity index (χ0) is 12.8. The minimum Gasteiger partial charge on any atom is -0.345 e. The van der Waals surface area contributed by atoms with E-state index in [9.17, 15) is 4.79 Å². The van der Waals surface area contributed by atoms with Gasteiger partial charge in [-0.1, -0.05) is 30.3 Å². The molecule has 4 nitrogen and oxygen atoms in total. The zero-order valence-corrected chi connectivity index (χ0v) is 9.99. The molecule has 94 valence electrons. The molecule has 0 aromatic heterocycles. The van der Waals surface area contributed by atoms with Gasteiger partial charge in [-0.15, -0.1) is 0 Å². The average Bonchev–Trinajstić information content (AvgIpc) is 2.40. The molecule has 3 atom stereocenters. The second-order valence-electron chi connectivity index (χ2n) is 4.26. The number of rotatable bonds is 4. The van der Waals surface area contributed by atoms with E-state index in [1.165, 1.54) is 0 Å². The van der Waals surface area contributed by atoms with Crippen molar-refractivity contribution in [3.05, 3.63) is 35.9 Å². The van der Waals surface area contributed by atoms with E-state index in [-0.39, 0.29) is 12.2 Å². The summed E-state index contributed by atoms with van der Waals surface area (Å²) < 4.78 is 11.5. The summed E-state index contributed by atoms with van der Waals surface area (Å²) in [5.74, 6) is 0. The van der Waals surface area contributed by atoms with Crippen molar-refractivity contribution in [2.45, 2.75) is 37.8 Å². The number of benzene rings is 1. The fraction of sp³-hybridized carbons (Fsp3) is 0.429. The molecule has 0 bridgehead atoms. The quantitative estimate of drug-likeness (QED) is 0.764. The number of nitrogens with zero attached hydrogens (tertiary/aromatic N) is 1. The second kappa shape index (κ2) is 6.29. The van der Waals surface area contributed by atoms with E-state index >= 15 is 0 Å². The monoisotopic (exact) mass is 245 g/mol. The van der Waals surface area contributed by atoms with Crippen LogP contribution in [0.4, 0.5) is 0 Å². The molecule has 1 fully saturated rings. The molecule has 0 radical (unpaired) electrons. The molecular weight excluding hydrogens is 230 g/mol. The zero-order valence-electron chi connectivity index (χ0n) is 9.99. The van der Waals surface area contributed by atoms with Crippen molar-refractivity contribution in [3.63, 3.8) is 0 Å². The molecule has 1 aromatic rings. The molecule has 2 rings (SSSR count). The molecule has 0 unspecified atom stereocenters. The number of carbonyl (C=O) groups is 1. The summed E-state index contributed by atoms with van der Waals surface area (Å²) in [5.41, 5.74) is 0.913. The van der Waals surface area contributed by atoms with Gasteiger partial charge in [0.15, 0.2) is 6.29 Å². The lowest BCUT2D eigenvalue weighted by Crippen LogP contribution is -2.33. The van der Waals surface area contributed by atoms with Gasteiger partial charge in [0, 0.05) is 18.4 Å². The van der Waals surface area contributed by atoms with Crippen LogP contribution in [0.15, 0.2) is 30.3 Å². The fourth-order valence-electron chi connectivity index (χ4n) is 2.05. The molecule has 0 spiro atoms. The first kappa shape index (κ1) is 12.7. The average molecular weight is 245 g/mol. The third-order valence-electron chi connectivity index (χ3n) is 2.91. The SMILES string of the molecule is N#CC[C@H]1C[C@@H](CC=O)O[C@H](c2ccccc2)O1. The smallest absolute Gasteiger partial charge is 0.184 e. The standard InChI is InChI=1S/C14H15NO3/c15-8-6-12-10-13(7-9-16)18-14(17-12)11-4-2-1-3-5-11/h1-5,9,12-14H,6-7,10H2/t12-,13+,14+/m0/s1. The highest BCUT2D eigenvalue weighted by atomic mass is 16.7. The minimum atomic E-state index is -0.483. The van der Waals surface area contributed by atoms with Crippen LogP contribution < -0.4 is 0 Å². The van der Waals surface area contributed by atoms with Crippen LogP contribution in [0.5, 0.6) is 0 Å². The number of hydrogen-bond donors (Lipinski definition) is 0. The third kappa shape index (κ3) is 3.16. The Morgan fingerprint density at radius 1 is 1.28 bits per heavy atom. The number of nitriles is 1. The summed E-state index contributed by atoms with van der Waals surface area (Å²) in [6.07, 6.45) is 1.29. The van der Waals surface area contributed by atoms with Crippen molar-refractivity contribution >= 4 is 6.29 Å². The van der Waals surface area contributed by atoms with Gasteiger partial charge in [-0.05, 0) is 0 Å². The molecule has 4 heteroatoms. The van der Waals surface area contributed by atoms with E-state index in [0.29, 0.717) is 19.3 Å². The first-order valence-corrected chi connectivity index (χ1v) is 6.00. The van der Waals surface area contributed by atoms with Gasteiger partial charge in [0.05, 0.1) is 24.7 Å². The van der Waals surface area contributed by atoms with Crippen molar-refractivity contribution in [2.75, 3.05) is 0 Å². The first-order valence-electron chi connectivity index (χ1n) is 6.00. The third-order valence-corrected chi connectivity index (χ3v) is 2.91. The van der Waals surface area contributed by atoms with Crippen LogP contribution in [0.25, 0.3) is 0 Å². The summed E-state index contributed by atoms with van der Waals surface area (Å²) >= 11 is 0. The second-order valence-corrected chi connectivity index (χ2v) is 4.26. The highest BCUT2D eigenvalue weighted by Crippen LogP contribution is 2.31. The van der Waals surface area contributed by atoms with Crippen LogP contribution in [-0.4, -0.2) is 18.5 Å². The molecule has 0 N–H and O–H groups in total. The van der Waals surface area contributed by atoms with E-state index in [4.69, 9.17) is 14.7 Å². The highest BCUT2D eigenvalue weighted by Gasteiger charge is 2.30. The summed E-state index contributed by atoms with van der Waals surface area (Å²) in [6.45, 7) is 0. The molecule has 0 aliphatic carbocycles. The predicted octanol–water partition coefficient (Wildman–Crippen LogP) is 2.36. The lowest BCUT2D eigenvalue weighted by atomic mass is 10.0. The minimum absolute atomic E-state index is 0.167. The maximum absolute atomic E-state index is 10.6. The largest absolute Gasteiger partial charge is 0.345 e. The van der Waals surface area contributed by atoms with Crippen LogP contribution in [0.3, 0.4) is 0 Å². The molecule has 1 saturated heterocycles. The van der Waals surface area contributed by atoms with Crippen molar-refractivity contribution < 1.29 is 14.3 Å². The van der Waals surface area contributed by atoms with Crippen LogP contribution >= 0.6 is 0 Å². The Hall–Kier alpha value is -1.70. The Balaban J connectivity index is 2.10. The number of aldehydes is 1. The normalized spacial score (nSPS) is 27.4. The molecule has 1 aromatic carbocycles. The van der Waals surface area contributed by atoms with E-state index in [1.807, 2.05) is 30.3 Å². The fourth-order valence-corrected chi connectivity index (χ4v) is 2.05. The predicted molar refractivity (Wildman–Crippen MR) is 64.5 cm³/mol. The topological polar surface area (TPSA) is 59.3 Å². The molecule has 1 aliphatic heterocycles. The molecule has 1 heterocycles. The Kier molecular flexibility index (Phi) is 4.46. The Bertz CT molecular complexity index is 426. The summed E-state index contributed by atoms with van der Waals surface area (Å²) in [7, 11) is 0. The van der Waals surface area contributed by atoms with Crippen molar-refractivity contribution in [1.29, 1.82) is 5.26 Å². The molecule has 0 saturated carbocycles. The van der Waals surface area contributed by atoms with Gasteiger partial charge in [0.1, 0.15) is 6.29 Å². The first-order chi connectivity index (χ1) is 8.83. The summed E-state index contributed by atoms with van der Waals surface area (Å²) in [4.78, 5) is 10.6. The van der Waals surface area contributed by atoms with Gasteiger partial charge < -0.3 is 14.3 Å². The summed E-state index contributed by atoms with van der Waals surface area (Å²) in [6, 6.07) is 11.7. The van der Waals surface area contributed by atoms with Gasteiger partial charge in [0.25, 0.3) is 0 Å². The van der Waals surface area contributed by atoms with Crippen LogP contribution in [-0.2, 0) is 14.3 Å². The van der Waals surface area contributed by atoms with Crippen molar-refractivity contribution in [2.24, 2.45) is 0 Å². The van der Waals surface area contributed by atoms with Gasteiger partial charge >= 0.3 is 0 Å². The van der Waals surface area contributed by atoms with Crippen LogP contribution in [0.2, 0.25) is 0 Å². The van der Waals surface area contributed by atoms with E-state index in [2.05, 4.69) is 6.07 Å². The van der Waals surface area contributed by atoms with Gasteiger partial charge in [-0.3, -0.25) is 0 Å². The van der Waals surface area contributed by atoms with Gasteiger partial charge in [-0.2, -0.15) is 5.26 Å².